The number of nitrogens with zero attached hydrogens (tertiary/aromatic N) is 2. The van der Waals surface area contributed by atoms with Crippen LogP contribution in [0.3, 0.4) is 0 Å². The predicted octanol–water partition coefficient (Wildman–Crippen LogP) is 4.51. The van der Waals surface area contributed by atoms with Gasteiger partial charge in [0.15, 0.2) is 0 Å². The summed E-state index contributed by atoms with van der Waals surface area (Å²) in [4.78, 5) is 28.0. The summed E-state index contributed by atoms with van der Waals surface area (Å²) < 4.78 is 29.4. The van der Waals surface area contributed by atoms with Gasteiger partial charge in [-0.15, -0.1) is 0 Å². The third kappa shape index (κ3) is 6.53. The summed E-state index contributed by atoms with van der Waals surface area (Å²) >= 11 is 3.37. The largest absolute Gasteiger partial charge is 0.357 e. The SMILES string of the molecule is CC[C@H](C(=O)NC)N(Cc1ccccc1)C(=O)CN(c1ccc(Br)cc1)S(=O)(=O)c1ccc(C)cc1. The van der Waals surface area contributed by atoms with Gasteiger partial charge in [0.25, 0.3) is 10.0 Å². The number of nitrogens with one attached hydrogen (secondary N) is 1. The molecule has 0 bridgehead atoms. The number of hydrogen-bond acceptors (Lipinski definition) is 4. The highest BCUT2D eigenvalue weighted by atomic mass is 79.9. The van der Waals surface area contributed by atoms with E-state index in [1.807, 2.05) is 44.2 Å². The maximum atomic E-state index is 13.8. The van der Waals surface area contributed by atoms with E-state index >= 15 is 0 Å². The van der Waals surface area contributed by atoms with Gasteiger partial charge in [0.05, 0.1) is 10.6 Å². The minimum absolute atomic E-state index is 0.0803. The minimum Gasteiger partial charge on any atom is -0.357 e. The number of halogens is 1. The van der Waals surface area contributed by atoms with Crippen LogP contribution in [0, 0.1) is 6.92 Å². The van der Waals surface area contributed by atoms with Gasteiger partial charge in [-0.3, -0.25) is 13.9 Å². The summed E-state index contributed by atoms with van der Waals surface area (Å²) in [6, 6.07) is 21.8. The average Bonchev–Trinajstić information content (AvgIpc) is 2.88. The van der Waals surface area contributed by atoms with Crippen LogP contribution < -0.4 is 9.62 Å². The van der Waals surface area contributed by atoms with Crippen LogP contribution in [0.25, 0.3) is 0 Å². The summed E-state index contributed by atoms with van der Waals surface area (Å²) in [6.07, 6.45) is 0.376. The molecule has 0 spiro atoms. The second-order valence-corrected chi connectivity index (χ2v) is 11.1. The molecule has 7 nitrogen and oxygen atoms in total. The lowest BCUT2D eigenvalue weighted by Crippen LogP contribution is -2.51. The fourth-order valence-electron chi connectivity index (χ4n) is 3.84. The Kier molecular flexibility index (Phi) is 9.28. The molecule has 0 saturated heterocycles. The van der Waals surface area contributed by atoms with Crippen LogP contribution in [0.1, 0.15) is 24.5 Å². The first-order valence-corrected chi connectivity index (χ1v) is 13.8. The van der Waals surface area contributed by atoms with Crippen LogP contribution in [0.2, 0.25) is 0 Å². The van der Waals surface area contributed by atoms with Crippen LogP contribution in [0.15, 0.2) is 88.2 Å². The van der Waals surface area contributed by atoms with Crippen molar-refractivity contribution in [3.05, 3.63) is 94.5 Å². The van der Waals surface area contributed by atoms with Gasteiger partial charge in [0.2, 0.25) is 11.8 Å². The molecule has 3 aromatic carbocycles. The number of likely N-dealkylation sites (N-methyl/N-ethyl adjacent to an activating group) is 1. The van der Waals surface area contributed by atoms with Crippen LogP contribution in [0.4, 0.5) is 5.69 Å². The first-order valence-electron chi connectivity index (χ1n) is 11.6. The second-order valence-electron chi connectivity index (χ2n) is 8.35. The summed E-state index contributed by atoms with van der Waals surface area (Å²) in [7, 11) is -2.55. The van der Waals surface area contributed by atoms with Crippen molar-refractivity contribution in [1.82, 2.24) is 10.2 Å². The van der Waals surface area contributed by atoms with Crippen molar-refractivity contribution in [2.24, 2.45) is 0 Å². The van der Waals surface area contributed by atoms with E-state index in [4.69, 9.17) is 0 Å². The molecule has 0 radical (unpaired) electrons. The normalized spacial score (nSPS) is 12.0. The monoisotopic (exact) mass is 571 g/mol. The molecular weight excluding hydrogens is 542 g/mol. The van der Waals surface area contributed by atoms with Gasteiger partial charge in [-0.2, -0.15) is 0 Å². The van der Waals surface area contributed by atoms with Gasteiger partial charge >= 0.3 is 0 Å². The number of aryl methyl sites for hydroxylation is 1. The van der Waals surface area contributed by atoms with E-state index in [1.165, 1.54) is 24.1 Å². The van der Waals surface area contributed by atoms with Crippen molar-refractivity contribution in [2.75, 3.05) is 17.9 Å². The molecule has 3 rings (SSSR count). The van der Waals surface area contributed by atoms with E-state index in [0.29, 0.717) is 12.1 Å². The molecule has 0 saturated carbocycles. The molecule has 0 fully saturated rings. The van der Waals surface area contributed by atoms with Crippen molar-refractivity contribution >= 4 is 43.5 Å². The number of hydrogen-bond donors (Lipinski definition) is 1. The molecule has 1 atom stereocenters. The zero-order valence-electron chi connectivity index (χ0n) is 20.5. The highest BCUT2D eigenvalue weighted by molar-refractivity contribution is 9.10. The molecule has 0 aliphatic carbocycles. The Morgan fingerprint density at radius 2 is 1.56 bits per heavy atom. The Balaban J connectivity index is 2.04. The van der Waals surface area contributed by atoms with E-state index in [2.05, 4.69) is 21.2 Å². The molecule has 36 heavy (non-hydrogen) atoms. The number of rotatable bonds is 10. The van der Waals surface area contributed by atoms with Gasteiger partial charge < -0.3 is 10.2 Å². The number of benzene rings is 3. The molecular formula is C27H30BrN3O4S. The Hall–Kier alpha value is -3.17. The number of carbonyl (C=O) groups excluding carboxylic acids is 2. The van der Waals surface area contributed by atoms with Crippen LogP contribution in [-0.4, -0.2) is 44.8 Å². The first-order chi connectivity index (χ1) is 17.2. The first kappa shape index (κ1) is 27.4. The zero-order chi connectivity index (χ0) is 26.3. The van der Waals surface area contributed by atoms with Crippen molar-refractivity contribution < 1.29 is 18.0 Å². The summed E-state index contributed by atoms with van der Waals surface area (Å²) in [6.45, 7) is 3.40. The molecule has 9 heteroatoms. The van der Waals surface area contributed by atoms with Crippen molar-refractivity contribution in [1.29, 1.82) is 0 Å². The van der Waals surface area contributed by atoms with Gasteiger partial charge in [-0.1, -0.05) is 70.9 Å². The molecule has 2 amide bonds. The number of amides is 2. The minimum atomic E-state index is -4.07. The number of sulfonamides is 1. The standard InChI is InChI=1S/C27H30BrN3O4S/c1-4-25(27(33)29-3)30(18-21-8-6-5-7-9-21)26(32)19-31(23-14-12-22(28)13-15-23)36(34,35)24-16-10-20(2)11-17-24/h5-17,25H,4,18-19H2,1-3H3,(H,29,33)/t25-/m1/s1. The predicted molar refractivity (Wildman–Crippen MR) is 145 cm³/mol. The third-order valence-corrected chi connectivity index (χ3v) is 8.15. The zero-order valence-corrected chi connectivity index (χ0v) is 22.9. The van der Waals surface area contributed by atoms with Crippen LogP contribution in [0.5, 0.6) is 0 Å². The quantitative estimate of drug-likeness (QED) is 0.388. The molecule has 0 unspecified atom stereocenters. The smallest absolute Gasteiger partial charge is 0.264 e. The third-order valence-electron chi connectivity index (χ3n) is 5.83. The molecule has 0 heterocycles. The van der Waals surface area contributed by atoms with Gasteiger partial charge in [0, 0.05) is 18.1 Å². The molecule has 0 aromatic heterocycles. The summed E-state index contributed by atoms with van der Waals surface area (Å²) in [5, 5.41) is 2.62. The Morgan fingerprint density at radius 1 is 0.944 bits per heavy atom. The summed E-state index contributed by atoms with van der Waals surface area (Å²) in [5.74, 6) is -0.786. The van der Waals surface area contributed by atoms with E-state index in [-0.39, 0.29) is 17.3 Å². The highest BCUT2D eigenvalue weighted by Gasteiger charge is 2.33. The van der Waals surface area contributed by atoms with Crippen LogP contribution >= 0.6 is 15.9 Å². The van der Waals surface area contributed by atoms with Gasteiger partial charge in [0.1, 0.15) is 12.6 Å². The van der Waals surface area contributed by atoms with E-state index < -0.39 is 28.5 Å². The average molecular weight is 573 g/mol. The molecule has 1 N–H and O–H groups in total. The van der Waals surface area contributed by atoms with Crippen molar-refractivity contribution in [2.45, 2.75) is 37.8 Å². The van der Waals surface area contributed by atoms with Gasteiger partial charge in [-0.05, 0) is 55.3 Å². The lowest BCUT2D eigenvalue weighted by molar-refractivity contribution is -0.140. The maximum Gasteiger partial charge on any atom is 0.264 e. The molecule has 0 aliphatic rings. The highest BCUT2D eigenvalue weighted by Crippen LogP contribution is 2.26. The number of carbonyl (C=O) groups is 2. The van der Waals surface area contributed by atoms with E-state index in [1.54, 1.807) is 36.4 Å². The second kappa shape index (κ2) is 12.2. The Bertz CT molecular complexity index is 1280. The van der Waals surface area contributed by atoms with E-state index in [0.717, 1.165) is 19.9 Å². The molecule has 0 aliphatic heterocycles. The lowest BCUT2D eigenvalue weighted by atomic mass is 10.1. The van der Waals surface area contributed by atoms with E-state index in [9.17, 15) is 18.0 Å². The lowest BCUT2D eigenvalue weighted by Gasteiger charge is -2.33. The topological polar surface area (TPSA) is 86.8 Å². The number of anilines is 1. The Morgan fingerprint density at radius 3 is 2.11 bits per heavy atom. The van der Waals surface area contributed by atoms with Crippen molar-refractivity contribution in [3.8, 4) is 0 Å². The fraction of sp³-hybridized carbons (Fsp3) is 0.259. The maximum absolute atomic E-state index is 13.8. The van der Waals surface area contributed by atoms with Crippen molar-refractivity contribution in [3.63, 3.8) is 0 Å². The molecule has 3 aromatic rings. The van der Waals surface area contributed by atoms with Crippen LogP contribution in [-0.2, 0) is 26.2 Å². The fourth-order valence-corrected chi connectivity index (χ4v) is 5.52. The molecule has 190 valence electrons. The Labute approximate surface area is 221 Å². The summed E-state index contributed by atoms with van der Waals surface area (Å²) in [5.41, 5.74) is 2.11. The van der Waals surface area contributed by atoms with Gasteiger partial charge in [-0.25, -0.2) is 8.42 Å².